The Bertz CT molecular complexity index is 973. The molecule has 0 saturated heterocycles. The minimum Gasteiger partial charge on any atom is -0.368 e. The van der Waals surface area contributed by atoms with Crippen molar-refractivity contribution in [3.63, 3.8) is 0 Å². The molecule has 8 heteroatoms. The molecule has 4 N–H and O–H groups in total. The molecule has 8 nitrogen and oxygen atoms in total. The highest BCUT2D eigenvalue weighted by Crippen LogP contribution is 2.23. The van der Waals surface area contributed by atoms with Gasteiger partial charge >= 0.3 is 0 Å². The molecule has 3 aromatic rings. The average Bonchev–Trinajstić information content (AvgIpc) is 2.99. The Morgan fingerprint density at radius 1 is 1.18 bits per heavy atom. The molecule has 0 saturated carbocycles. The van der Waals surface area contributed by atoms with E-state index < -0.39 is 0 Å². The number of hydrogen-bond acceptors (Lipinski definition) is 6. The number of carbonyl (C=O) groups excluding carboxylic acids is 1. The molecule has 0 fully saturated rings. The summed E-state index contributed by atoms with van der Waals surface area (Å²) in [6, 6.07) is 8.98. The van der Waals surface area contributed by atoms with Crippen LogP contribution in [-0.2, 0) is 0 Å². The van der Waals surface area contributed by atoms with Crippen molar-refractivity contribution in [2.75, 3.05) is 24.7 Å². The SMILES string of the molecule is Cc1n[nH]c(C)c1C(C)NC(=O)c1ccc(-c2cc(N(C)C)nc(N)n2)cc1. The van der Waals surface area contributed by atoms with Crippen LogP contribution in [0.5, 0.6) is 0 Å². The van der Waals surface area contributed by atoms with Crippen molar-refractivity contribution in [1.29, 1.82) is 0 Å². The van der Waals surface area contributed by atoms with Crippen molar-refractivity contribution in [3.05, 3.63) is 52.8 Å². The number of nitrogens with two attached hydrogens (primary N) is 1. The highest BCUT2D eigenvalue weighted by molar-refractivity contribution is 5.95. The van der Waals surface area contributed by atoms with Gasteiger partial charge in [-0.25, -0.2) is 4.98 Å². The molecule has 0 aliphatic heterocycles. The highest BCUT2D eigenvalue weighted by atomic mass is 16.1. The van der Waals surface area contributed by atoms with Gasteiger partial charge < -0.3 is 16.0 Å². The van der Waals surface area contributed by atoms with Crippen LogP contribution in [0.4, 0.5) is 11.8 Å². The monoisotopic (exact) mass is 379 g/mol. The third-order valence-corrected chi connectivity index (χ3v) is 4.60. The van der Waals surface area contributed by atoms with Crippen LogP contribution in [-0.4, -0.2) is 40.2 Å². The topological polar surface area (TPSA) is 113 Å². The Hall–Kier alpha value is -3.42. The van der Waals surface area contributed by atoms with E-state index in [1.54, 1.807) is 12.1 Å². The van der Waals surface area contributed by atoms with Gasteiger partial charge in [0.15, 0.2) is 0 Å². The van der Waals surface area contributed by atoms with E-state index in [9.17, 15) is 4.79 Å². The molecule has 0 aliphatic carbocycles. The first kappa shape index (κ1) is 19.3. The number of aromatic amines is 1. The molecule has 28 heavy (non-hydrogen) atoms. The number of carbonyl (C=O) groups is 1. The van der Waals surface area contributed by atoms with E-state index >= 15 is 0 Å². The smallest absolute Gasteiger partial charge is 0.251 e. The maximum absolute atomic E-state index is 12.6. The number of aromatic nitrogens is 4. The minimum atomic E-state index is -0.143. The van der Waals surface area contributed by atoms with Gasteiger partial charge in [-0.1, -0.05) is 12.1 Å². The van der Waals surface area contributed by atoms with Gasteiger partial charge in [-0.3, -0.25) is 9.89 Å². The summed E-state index contributed by atoms with van der Waals surface area (Å²) in [5.41, 5.74) is 10.8. The molecule has 146 valence electrons. The van der Waals surface area contributed by atoms with Crippen LogP contribution in [0.3, 0.4) is 0 Å². The van der Waals surface area contributed by atoms with Crippen LogP contribution >= 0.6 is 0 Å². The Labute approximate surface area is 164 Å². The number of nitrogens with one attached hydrogen (secondary N) is 2. The van der Waals surface area contributed by atoms with E-state index in [4.69, 9.17) is 5.73 Å². The second kappa shape index (κ2) is 7.67. The molecule has 2 aromatic heterocycles. The number of rotatable bonds is 5. The van der Waals surface area contributed by atoms with E-state index in [2.05, 4.69) is 25.5 Å². The Morgan fingerprint density at radius 3 is 2.43 bits per heavy atom. The number of H-pyrrole nitrogens is 1. The first-order chi connectivity index (χ1) is 13.3. The molecule has 1 unspecified atom stereocenters. The zero-order valence-corrected chi connectivity index (χ0v) is 16.7. The zero-order valence-electron chi connectivity index (χ0n) is 16.7. The van der Waals surface area contributed by atoms with E-state index in [1.807, 2.05) is 58.0 Å². The Morgan fingerprint density at radius 2 is 1.86 bits per heavy atom. The van der Waals surface area contributed by atoms with Crippen LogP contribution in [0.15, 0.2) is 30.3 Å². The summed E-state index contributed by atoms with van der Waals surface area (Å²) >= 11 is 0. The number of anilines is 2. The van der Waals surface area contributed by atoms with E-state index in [0.717, 1.165) is 28.3 Å². The predicted molar refractivity (Wildman–Crippen MR) is 110 cm³/mol. The fraction of sp³-hybridized carbons (Fsp3) is 0.300. The second-order valence-corrected chi connectivity index (χ2v) is 6.98. The fourth-order valence-corrected chi connectivity index (χ4v) is 3.17. The Kier molecular flexibility index (Phi) is 5.30. The van der Waals surface area contributed by atoms with Crippen LogP contribution in [0.2, 0.25) is 0 Å². The van der Waals surface area contributed by atoms with Crippen molar-refractivity contribution in [1.82, 2.24) is 25.5 Å². The summed E-state index contributed by atoms with van der Waals surface area (Å²) in [6.07, 6.45) is 0. The van der Waals surface area contributed by atoms with Gasteiger partial charge in [-0.2, -0.15) is 10.1 Å². The first-order valence-electron chi connectivity index (χ1n) is 9.01. The van der Waals surface area contributed by atoms with Crippen molar-refractivity contribution < 1.29 is 4.79 Å². The number of benzene rings is 1. The van der Waals surface area contributed by atoms with Gasteiger partial charge in [-0.05, 0) is 32.9 Å². The predicted octanol–water partition coefficient (Wildman–Crippen LogP) is 2.62. The molecular weight excluding hydrogens is 354 g/mol. The number of nitrogen functional groups attached to an aromatic ring is 1. The summed E-state index contributed by atoms with van der Waals surface area (Å²) in [4.78, 5) is 23.0. The normalized spacial score (nSPS) is 11.9. The van der Waals surface area contributed by atoms with Gasteiger partial charge in [-0.15, -0.1) is 0 Å². The highest BCUT2D eigenvalue weighted by Gasteiger charge is 2.17. The van der Waals surface area contributed by atoms with Gasteiger partial charge in [0, 0.05) is 42.5 Å². The molecule has 0 aliphatic rings. The van der Waals surface area contributed by atoms with Crippen molar-refractivity contribution in [2.24, 2.45) is 0 Å². The van der Waals surface area contributed by atoms with Gasteiger partial charge in [0.1, 0.15) is 5.82 Å². The molecular formula is C20H25N7O. The summed E-state index contributed by atoms with van der Waals surface area (Å²) < 4.78 is 0. The van der Waals surface area contributed by atoms with Crippen LogP contribution < -0.4 is 16.0 Å². The van der Waals surface area contributed by atoms with Crippen LogP contribution in [0.1, 0.15) is 40.3 Å². The lowest BCUT2D eigenvalue weighted by atomic mass is 10.0. The summed E-state index contributed by atoms with van der Waals surface area (Å²) in [7, 11) is 3.78. The number of amides is 1. The Balaban J connectivity index is 1.78. The second-order valence-electron chi connectivity index (χ2n) is 6.98. The summed E-state index contributed by atoms with van der Waals surface area (Å²) in [5.74, 6) is 0.793. The third-order valence-electron chi connectivity index (χ3n) is 4.60. The minimum absolute atomic E-state index is 0.143. The molecule has 2 heterocycles. The van der Waals surface area contributed by atoms with E-state index in [1.165, 1.54) is 0 Å². The van der Waals surface area contributed by atoms with Crippen molar-refractivity contribution in [3.8, 4) is 11.3 Å². The standard InChI is InChI=1S/C20H25N7O/c1-11(18-12(2)25-26-13(18)3)22-19(28)15-8-6-14(7-9-15)16-10-17(27(4)5)24-20(21)23-16/h6-11H,1-5H3,(H,22,28)(H,25,26)(H2,21,23,24). The average molecular weight is 379 g/mol. The molecule has 1 atom stereocenters. The summed E-state index contributed by atoms with van der Waals surface area (Å²) in [5, 5.41) is 10.2. The van der Waals surface area contributed by atoms with Gasteiger partial charge in [0.25, 0.3) is 5.91 Å². The van der Waals surface area contributed by atoms with Gasteiger partial charge in [0.05, 0.1) is 17.4 Å². The van der Waals surface area contributed by atoms with Crippen molar-refractivity contribution >= 4 is 17.7 Å². The lowest BCUT2D eigenvalue weighted by Gasteiger charge is -2.15. The quantitative estimate of drug-likeness (QED) is 0.628. The van der Waals surface area contributed by atoms with E-state index in [0.29, 0.717) is 11.3 Å². The number of nitrogens with zero attached hydrogens (tertiary/aromatic N) is 4. The molecule has 0 bridgehead atoms. The largest absolute Gasteiger partial charge is 0.368 e. The van der Waals surface area contributed by atoms with Crippen molar-refractivity contribution in [2.45, 2.75) is 26.8 Å². The van der Waals surface area contributed by atoms with E-state index in [-0.39, 0.29) is 17.9 Å². The molecule has 1 amide bonds. The molecule has 3 rings (SSSR count). The fourth-order valence-electron chi connectivity index (χ4n) is 3.17. The van der Waals surface area contributed by atoms with Gasteiger partial charge in [0.2, 0.25) is 5.95 Å². The maximum Gasteiger partial charge on any atom is 0.251 e. The van der Waals surface area contributed by atoms with Crippen LogP contribution in [0.25, 0.3) is 11.3 Å². The molecule has 1 aromatic carbocycles. The number of hydrogen-bond donors (Lipinski definition) is 3. The lowest BCUT2D eigenvalue weighted by Crippen LogP contribution is -2.27. The zero-order chi connectivity index (χ0) is 20.4. The summed E-state index contributed by atoms with van der Waals surface area (Å²) in [6.45, 7) is 5.82. The first-order valence-corrected chi connectivity index (χ1v) is 9.01. The lowest BCUT2D eigenvalue weighted by molar-refractivity contribution is 0.0940. The molecule has 0 radical (unpaired) electrons. The molecule has 0 spiro atoms. The number of aryl methyl sites for hydroxylation is 2. The maximum atomic E-state index is 12.6. The third kappa shape index (κ3) is 3.95. The van der Waals surface area contributed by atoms with Crippen LogP contribution in [0, 0.1) is 13.8 Å².